The predicted molar refractivity (Wildman–Crippen MR) is 55.4 cm³/mol. The van der Waals surface area contributed by atoms with Crippen molar-refractivity contribution in [3.05, 3.63) is 34.8 Å². The maximum atomic E-state index is 5.35. The molecule has 1 rings (SSSR count). The van der Waals surface area contributed by atoms with Crippen LogP contribution in [0.2, 0.25) is 0 Å². The van der Waals surface area contributed by atoms with Gasteiger partial charge >= 0.3 is 0 Å². The minimum Gasteiger partial charge on any atom is -0.493 e. The first-order chi connectivity index (χ1) is 5.77. The Balaban J connectivity index is 2.94. The van der Waals surface area contributed by atoms with Crippen LogP contribution in [0.5, 0.6) is 5.75 Å². The molecule has 64 valence electrons. The van der Waals surface area contributed by atoms with E-state index in [1.54, 1.807) is 6.08 Å². The van der Waals surface area contributed by atoms with Gasteiger partial charge in [0.15, 0.2) is 0 Å². The van der Waals surface area contributed by atoms with Gasteiger partial charge in [0.25, 0.3) is 0 Å². The molecule has 0 aliphatic carbocycles. The second kappa shape index (κ2) is 4.31. The summed E-state index contributed by atoms with van der Waals surface area (Å²) in [6.45, 7) is 6.34. The standard InChI is InChI=1S/C10H11BrO/c1-3-8-5-6-10(12-4-2)9(11)7-8/h3,5-7H,1,4H2,2H3. The molecule has 0 amide bonds. The Labute approximate surface area is 81.2 Å². The molecular weight excluding hydrogens is 216 g/mol. The van der Waals surface area contributed by atoms with E-state index in [4.69, 9.17) is 4.74 Å². The largest absolute Gasteiger partial charge is 0.493 e. The van der Waals surface area contributed by atoms with Crippen molar-refractivity contribution in [1.82, 2.24) is 0 Å². The van der Waals surface area contributed by atoms with Gasteiger partial charge in [0, 0.05) is 0 Å². The zero-order chi connectivity index (χ0) is 8.97. The van der Waals surface area contributed by atoms with E-state index in [0.29, 0.717) is 6.61 Å². The number of rotatable bonds is 3. The van der Waals surface area contributed by atoms with Gasteiger partial charge < -0.3 is 4.74 Å². The van der Waals surface area contributed by atoms with Crippen LogP contribution in [0.15, 0.2) is 29.3 Å². The Morgan fingerprint density at radius 1 is 1.58 bits per heavy atom. The summed E-state index contributed by atoms with van der Waals surface area (Å²) >= 11 is 3.42. The molecule has 0 N–H and O–H groups in total. The third-order valence-electron chi connectivity index (χ3n) is 1.49. The van der Waals surface area contributed by atoms with Gasteiger partial charge in [0.05, 0.1) is 11.1 Å². The topological polar surface area (TPSA) is 9.23 Å². The summed E-state index contributed by atoms with van der Waals surface area (Å²) in [7, 11) is 0. The van der Waals surface area contributed by atoms with Crippen LogP contribution in [-0.2, 0) is 0 Å². The van der Waals surface area contributed by atoms with Crippen LogP contribution < -0.4 is 4.74 Å². The fourth-order valence-corrected chi connectivity index (χ4v) is 1.43. The summed E-state index contributed by atoms with van der Waals surface area (Å²) < 4.78 is 6.33. The van der Waals surface area contributed by atoms with E-state index in [0.717, 1.165) is 15.8 Å². The Hall–Kier alpha value is -0.760. The third kappa shape index (κ3) is 2.11. The molecule has 0 bridgehead atoms. The van der Waals surface area contributed by atoms with E-state index < -0.39 is 0 Å². The van der Waals surface area contributed by atoms with Crippen molar-refractivity contribution in [3.63, 3.8) is 0 Å². The molecule has 12 heavy (non-hydrogen) atoms. The van der Waals surface area contributed by atoms with Crippen molar-refractivity contribution < 1.29 is 4.74 Å². The van der Waals surface area contributed by atoms with Crippen LogP contribution in [0, 0.1) is 0 Å². The minimum absolute atomic E-state index is 0.687. The van der Waals surface area contributed by atoms with E-state index in [-0.39, 0.29) is 0 Å². The molecule has 0 aliphatic heterocycles. The second-order valence-electron chi connectivity index (χ2n) is 2.33. The first kappa shape index (κ1) is 9.33. The number of halogens is 1. The average Bonchev–Trinajstić information content (AvgIpc) is 2.09. The maximum Gasteiger partial charge on any atom is 0.133 e. The molecule has 1 aromatic carbocycles. The van der Waals surface area contributed by atoms with Crippen LogP contribution in [0.25, 0.3) is 6.08 Å². The third-order valence-corrected chi connectivity index (χ3v) is 2.11. The lowest BCUT2D eigenvalue weighted by Crippen LogP contribution is -1.91. The molecule has 0 saturated heterocycles. The van der Waals surface area contributed by atoms with E-state index in [9.17, 15) is 0 Å². The molecule has 1 nitrogen and oxygen atoms in total. The van der Waals surface area contributed by atoms with Gasteiger partial charge in [0.1, 0.15) is 5.75 Å². The first-order valence-corrected chi connectivity index (χ1v) is 4.62. The highest BCUT2D eigenvalue weighted by atomic mass is 79.9. The van der Waals surface area contributed by atoms with Crippen LogP contribution in [0.1, 0.15) is 12.5 Å². The van der Waals surface area contributed by atoms with Gasteiger partial charge in [-0.1, -0.05) is 18.7 Å². The van der Waals surface area contributed by atoms with Crippen LogP contribution in [-0.4, -0.2) is 6.61 Å². The fourth-order valence-electron chi connectivity index (χ4n) is 0.917. The molecule has 0 fully saturated rings. The van der Waals surface area contributed by atoms with Gasteiger partial charge in [-0.2, -0.15) is 0 Å². The van der Waals surface area contributed by atoms with E-state index in [2.05, 4.69) is 22.5 Å². The molecule has 1 aromatic rings. The van der Waals surface area contributed by atoms with Crippen molar-refractivity contribution in [2.45, 2.75) is 6.92 Å². The summed E-state index contributed by atoms with van der Waals surface area (Å²) in [5.41, 5.74) is 1.09. The van der Waals surface area contributed by atoms with Crippen molar-refractivity contribution in [2.75, 3.05) is 6.61 Å². The monoisotopic (exact) mass is 226 g/mol. The molecule has 0 aromatic heterocycles. The van der Waals surface area contributed by atoms with Crippen LogP contribution in [0.3, 0.4) is 0 Å². The normalized spacial score (nSPS) is 9.50. The number of benzene rings is 1. The van der Waals surface area contributed by atoms with E-state index in [1.165, 1.54) is 0 Å². The fraction of sp³-hybridized carbons (Fsp3) is 0.200. The molecule has 2 heteroatoms. The SMILES string of the molecule is C=Cc1ccc(OCC)c(Br)c1. The molecule has 0 aliphatic rings. The zero-order valence-corrected chi connectivity index (χ0v) is 8.60. The smallest absolute Gasteiger partial charge is 0.133 e. The average molecular weight is 227 g/mol. The Morgan fingerprint density at radius 3 is 2.83 bits per heavy atom. The van der Waals surface area contributed by atoms with Gasteiger partial charge in [-0.25, -0.2) is 0 Å². The lowest BCUT2D eigenvalue weighted by atomic mass is 10.2. The Morgan fingerprint density at radius 2 is 2.33 bits per heavy atom. The summed E-state index contributed by atoms with van der Waals surface area (Å²) in [4.78, 5) is 0. The van der Waals surface area contributed by atoms with Gasteiger partial charge in [-0.3, -0.25) is 0 Å². The number of ether oxygens (including phenoxy) is 1. The quantitative estimate of drug-likeness (QED) is 0.767. The van der Waals surface area contributed by atoms with Crippen LogP contribution >= 0.6 is 15.9 Å². The second-order valence-corrected chi connectivity index (χ2v) is 3.18. The predicted octanol–water partition coefficient (Wildman–Crippen LogP) is 3.49. The highest BCUT2D eigenvalue weighted by Crippen LogP contribution is 2.26. The van der Waals surface area contributed by atoms with Gasteiger partial charge in [0.2, 0.25) is 0 Å². The molecule has 0 atom stereocenters. The van der Waals surface area contributed by atoms with Gasteiger partial charge in [-0.15, -0.1) is 0 Å². The summed E-state index contributed by atoms with van der Waals surface area (Å²) in [6, 6.07) is 5.89. The number of hydrogen-bond acceptors (Lipinski definition) is 1. The van der Waals surface area contributed by atoms with Crippen molar-refractivity contribution in [3.8, 4) is 5.75 Å². The highest BCUT2D eigenvalue weighted by Gasteiger charge is 1.99. The summed E-state index contributed by atoms with van der Waals surface area (Å²) in [5.74, 6) is 0.878. The zero-order valence-electron chi connectivity index (χ0n) is 7.01. The van der Waals surface area contributed by atoms with Crippen molar-refractivity contribution >= 4 is 22.0 Å². The summed E-state index contributed by atoms with van der Waals surface area (Å²) in [6.07, 6.45) is 1.81. The highest BCUT2D eigenvalue weighted by molar-refractivity contribution is 9.10. The number of hydrogen-bond donors (Lipinski definition) is 0. The maximum absolute atomic E-state index is 5.35. The first-order valence-electron chi connectivity index (χ1n) is 3.82. The lowest BCUT2D eigenvalue weighted by Gasteiger charge is -2.05. The molecule has 0 heterocycles. The Kier molecular flexibility index (Phi) is 3.35. The minimum atomic E-state index is 0.687. The molecule has 0 radical (unpaired) electrons. The van der Waals surface area contributed by atoms with E-state index in [1.807, 2.05) is 25.1 Å². The lowest BCUT2D eigenvalue weighted by molar-refractivity contribution is 0.338. The molecular formula is C10H11BrO. The Bertz CT molecular complexity index is 281. The van der Waals surface area contributed by atoms with Gasteiger partial charge in [-0.05, 0) is 40.5 Å². The van der Waals surface area contributed by atoms with Crippen molar-refractivity contribution in [2.24, 2.45) is 0 Å². The molecule has 0 saturated carbocycles. The molecule has 0 spiro atoms. The summed E-state index contributed by atoms with van der Waals surface area (Å²) in [5, 5.41) is 0. The van der Waals surface area contributed by atoms with Crippen LogP contribution in [0.4, 0.5) is 0 Å². The van der Waals surface area contributed by atoms with E-state index >= 15 is 0 Å². The van der Waals surface area contributed by atoms with Crippen molar-refractivity contribution in [1.29, 1.82) is 0 Å². The molecule has 0 unspecified atom stereocenters.